The number of aromatic nitrogens is 2. The molecule has 1 fully saturated rings. The molecule has 1 saturated heterocycles. The van der Waals surface area contributed by atoms with E-state index in [9.17, 15) is 13.2 Å². The monoisotopic (exact) mass is 492 g/mol. The Hall–Kier alpha value is -2.53. The van der Waals surface area contributed by atoms with Crippen LogP contribution in [0, 0.1) is 0 Å². The van der Waals surface area contributed by atoms with Gasteiger partial charge in [-0.15, -0.1) is 10.2 Å². The van der Waals surface area contributed by atoms with E-state index >= 15 is 0 Å². The zero-order chi connectivity index (χ0) is 22.7. The normalized spacial score (nSPS) is 17.1. The van der Waals surface area contributed by atoms with Crippen LogP contribution in [-0.4, -0.2) is 49.0 Å². The van der Waals surface area contributed by atoms with Crippen molar-refractivity contribution < 1.29 is 17.9 Å². The number of nitrogens with zero attached hydrogens (tertiary/aromatic N) is 3. The van der Waals surface area contributed by atoms with Crippen LogP contribution in [0.1, 0.15) is 33.6 Å². The summed E-state index contributed by atoms with van der Waals surface area (Å²) in [7, 11) is -2.06. The van der Waals surface area contributed by atoms with Crippen LogP contribution in [0.4, 0.5) is 5.69 Å². The minimum absolute atomic E-state index is 0.120. The Morgan fingerprint density at radius 3 is 2.56 bits per heavy atom. The maximum atomic E-state index is 13.0. The Kier molecular flexibility index (Phi) is 6.75. The van der Waals surface area contributed by atoms with E-state index in [4.69, 9.17) is 16.3 Å². The van der Waals surface area contributed by atoms with Gasteiger partial charge >= 0.3 is 0 Å². The maximum Gasteiger partial charge on any atom is 0.286 e. The van der Waals surface area contributed by atoms with Crippen molar-refractivity contribution in [2.45, 2.75) is 23.7 Å². The summed E-state index contributed by atoms with van der Waals surface area (Å²) in [4.78, 5) is 12.8. The van der Waals surface area contributed by atoms with Crippen molar-refractivity contribution in [1.82, 2.24) is 14.5 Å². The molecule has 3 aromatic rings. The predicted octanol–water partition coefficient (Wildman–Crippen LogP) is 4.02. The molecular formula is C21H21ClN4O4S2. The van der Waals surface area contributed by atoms with Crippen molar-refractivity contribution in [3.8, 4) is 5.75 Å². The molecule has 0 spiro atoms. The number of methoxy groups -OCH3 is 1. The molecule has 1 amide bonds. The number of anilines is 1. The lowest BCUT2D eigenvalue weighted by atomic mass is 10.0. The van der Waals surface area contributed by atoms with Crippen molar-refractivity contribution in [3.05, 3.63) is 63.6 Å². The number of carbonyl (C=O) groups excluding carboxylic acids is 1. The van der Waals surface area contributed by atoms with Crippen LogP contribution in [0.2, 0.25) is 5.02 Å². The van der Waals surface area contributed by atoms with E-state index in [0.29, 0.717) is 41.0 Å². The van der Waals surface area contributed by atoms with Crippen LogP contribution in [0.3, 0.4) is 0 Å². The first-order valence-corrected chi connectivity index (χ1v) is 12.5. The number of benzene rings is 2. The molecule has 4 rings (SSSR count). The second-order valence-electron chi connectivity index (χ2n) is 7.28. The third-order valence-corrected chi connectivity index (χ3v) is 8.38. The van der Waals surface area contributed by atoms with Gasteiger partial charge in [0.25, 0.3) is 5.91 Å². The summed E-state index contributed by atoms with van der Waals surface area (Å²) < 4.78 is 32.6. The molecule has 2 heterocycles. The van der Waals surface area contributed by atoms with Crippen LogP contribution >= 0.6 is 22.9 Å². The van der Waals surface area contributed by atoms with Gasteiger partial charge in [-0.2, -0.15) is 4.31 Å². The van der Waals surface area contributed by atoms with Crippen LogP contribution in [-0.2, 0) is 10.0 Å². The highest BCUT2D eigenvalue weighted by molar-refractivity contribution is 7.89. The fraction of sp³-hybridized carbons (Fsp3) is 0.286. The van der Waals surface area contributed by atoms with Gasteiger partial charge in [0, 0.05) is 29.7 Å². The Labute approximate surface area is 195 Å². The largest absolute Gasteiger partial charge is 0.497 e. The fourth-order valence-electron chi connectivity index (χ4n) is 3.47. The number of hydrogen-bond acceptors (Lipinski definition) is 7. The van der Waals surface area contributed by atoms with Gasteiger partial charge in [0.05, 0.1) is 12.0 Å². The first-order chi connectivity index (χ1) is 15.4. The van der Waals surface area contributed by atoms with Crippen molar-refractivity contribution in [3.63, 3.8) is 0 Å². The number of piperidine rings is 1. The number of hydrogen-bond donors (Lipinski definition) is 1. The summed E-state index contributed by atoms with van der Waals surface area (Å²) in [5.74, 6) is 0.211. The Bertz CT molecular complexity index is 1200. The van der Waals surface area contributed by atoms with E-state index in [-0.39, 0.29) is 21.7 Å². The third kappa shape index (κ3) is 4.93. The number of sulfonamides is 1. The minimum Gasteiger partial charge on any atom is -0.497 e. The SMILES string of the molecule is COc1ccc(NC(=O)c2nnc([C@@H]3CCCN(S(=O)(=O)c4ccc(Cl)cc4)C3)s2)cc1. The van der Waals surface area contributed by atoms with E-state index in [1.165, 1.54) is 27.8 Å². The molecule has 0 aliphatic carbocycles. The number of amides is 1. The molecule has 11 heteroatoms. The number of rotatable bonds is 6. The van der Waals surface area contributed by atoms with Crippen LogP contribution in [0.15, 0.2) is 53.4 Å². The van der Waals surface area contributed by atoms with Crippen LogP contribution < -0.4 is 10.1 Å². The first kappa shape index (κ1) is 22.7. The summed E-state index contributed by atoms with van der Waals surface area (Å²) in [5, 5.41) is 12.4. The summed E-state index contributed by atoms with van der Waals surface area (Å²) >= 11 is 7.07. The van der Waals surface area contributed by atoms with E-state index < -0.39 is 10.0 Å². The molecule has 168 valence electrons. The number of ether oxygens (including phenoxy) is 1. The smallest absolute Gasteiger partial charge is 0.286 e. The lowest BCUT2D eigenvalue weighted by molar-refractivity contribution is 0.102. The molecule has 2 aromatic carbocycles. The average Bonchev–Trinajstić information content (AvgIpc) is 3.31. The van der Waals surface area contributed by atoms with Crippen molar-refractivity contribution in [2.24, 2.45) is 0 Å². The zero-order valence-corrected chi connectivity index (χ0v) is 19.6. The van der Waals surface area contributed by atoms with Crippen LogP contribution in [0.25, 0.3) is 0 Å². The van der Waals surface area contributed by atoms with Gasteiger partial charge in [0.1, 0.15) is 10.8 Å². The molecule has 0 saturated carbocycles. The molecule has 8 nitrogen and oxygen atoms in total. The van der Waals surface area contributed by atoms with Gasteiger partial charge in [0.15, 0.2) is 0 Å². The maximum absolute atomic E-state index is 13.0. The highest BCUT2D eigenvalue weighted by atomic mass is 35.5. The quantitative estimate of drug-likeness (QED) is 0.557. The van der Waals surface area contributed by atoms with Gasteiger partial charge in [-0.1, -0.05) is 22.9 Å². The van der Waals surface area contributed by atoms with Crippen LogP contribution in [0.5, 0.6) is 5.75 Å². The van der Waals surface area contributed by atoms with Crippen molar-refractivity contribution in [2.75, 3.05) is 25.5 Å². The minimum atomic E-state index is -3.63. The Balaban J connectivity index is 1.45. The van der Waals surface area contributed by atoms with Gasteiger partial charge < -0.3 is 10.1 Å². The molecule has 1 aromatic heterocycles. The standard InChI is InChI=1S/C21H21ClN4O4S2/c1-30-17-8-6-16(7-9-17)23-19(27)21-25-24-20(31-21)14-3-2-12-26(13-14)32(28,29)18-10-4-15(22)5-11-18/h4-11,14H,2-3,12-13H2,1H3,(H,23,27)/t14-/m1/s1. The number of carbonyl (C=O) groups is 1. The van der Waals surface area contributed by atoms with E-state index in [1.54, 1.807) is 43.5 Å². The summed E-state index contributed by atoms with van der Waals surface area (Å²) in [6.45, 7) is 0.727. The van der Waals surface area contributed by atoms with E-state index in [1.807, 2.05) is 0 Å². The second kappa shape index (κ2) is 9.53. The highest BCUT2D eigenvalue weighted by Crippen LogP contribution is 2.32. The van der Waals surface area contributed by atoms with Gasteiger partial charge in [-0.3, -0.25) is 4.79 Å². The molecule has 1 N–H and O–H groups in total. The van der Waals surface area contributed by atoms with Gasteiger partial charge in [-0.05, 0) is 61.4 Å². The number of halogens is 1. The topological polar surface area (TPSA) is 101 Å². The lowest BCUT2D eigenvalue weighted by Crippen LogP contribution is -2.39. The molecule has 0 unspecified atom stereocenters. The molecule has 0 radical (unpaired) electrons. The fourth-order valence-corrected chi connectivity index (χ4v) is 5.98. The van der Waals surface area contributed by atoms with E-state index in [0.717, 1.165) is 6.42 Å². The summed E-state index contributed by atoms with van der Waals surface area (Å²) in [6, 6.07) is 13.1. The van der Waals surface area contributed by atoms with Crippen molar-refractivity contribution >= 4 is 44.6 Å². The van der Waals surface area contributed by atoms with Gasteiger partial charge in [0.2, 0.25) is 15.0 Å². The second-order valence-corrected chi connectivity index (χ2v) is 10.7. The summed E-state index contributed by atoms with van der Waals surface area (Å²) in [6.07, 6.45) is 1.48. The summed E-state index contributed by atoms with van der Waals surface area (Å²) in [5.41, 5.74) is 0.616. The average molecular weight is 493 g/mol. The van der Waals surface area contributed by atoms with Crippen molar-refractivity contribution in [1.29, 1.82) is 0 Å². The first-order valence-electron chi connectivity index (χ1n) is 9.91. The zero-order valence-electron chi connectivity index (χ0n) is 17.2. The molecule has 0 bridgehead atoms. The predicted molar refractivity (Wildman–Crippen MR) is 123 cm³/mol. The molecule has 32 heavy (non-hydrogen) atoms. The molecule has 1 aliphatic rings. The molecule has 1 atom stereocenters. The Morgan fingerprint density at radius 2 is 1.88 bits per heavy atom. The number of nitrogens with one attached hydrogen (secondary N) is 1. The highest BCUT2D eigenvalue weighted by Gasteiger charge is 2.32. The van der Waals surface area contributed by atoms with Gasteiger partial charge in [-0.25, -0.2) is 8.42 Å². The Morgan fingerprint density at radius 1 is 1.16 bits per heavy atom. The third-order valence-electron chi connectivity index (χ3n) is 5.17. The molecular weight excluding hydrogens is 472 g/mol. The lowest BCUT2D eigenvalue weighted by Gasteiger charge is -2.30. The molecule has 1 aliphatic heterocycles. The van der Waals surface area contributed by atoms with E-state index in [2.05, 4.69) is 15.5 Å².